The summed E-state index contributed by atoms with van der Waals surface area (Å²) in [5.41, 5.74) is -3.29. The molecule has 0 aliphatic rings. The van der Waals surface area contributed by atoms with Gasteiger partial charge >= 0.3 is 5.97 Å². The van der Waals surface area contributed by atoms with Gasteiger partial charge in [0.05, 0.1) is 0 Å². The van der Waals surface area contributed by atoms with Crippen molar-refractivity contribution >= 4 is 16.9 Å². The molecule has 0 saturated carbocycles. The standard InChI is InChI=1S/C11H5F3O5/c1-2-3(11(17)18)8(15)4-9(16)6(13)5(12)7(14)10(4)19-2/h16H,1H3,(H,17,18). The number of phenols is 1. The first-order chi connectivity index (χ1) is 8.77. The van der Waals surface area contributed by atoms with Crippen LogP contribution in [0.3, 0.4) is 0 Å². The number of benzene rings is 1. The number of hydrogen-bond donors (Lipinski definition) is 2. The van der Waals surface area contributed by atoms with E-state index in [1.54, 1.807) is 0 Å². The molecule has 19 heavy (non-hydrogen) atoms. The summed E-state index contributed by atoms with van der Waals surface area (Å²) in [7, 11) is 0. The Morgan fingerprint density at radius 3 is 2.26 bits per heavy atom. The minimum Gasteiger partial charge on any atom is -0.504 e. The molecule has 0 spiro atoms. The summed E-state index contributed by atoms with van der Waals surface area (Å²) in [6, 6.07) is 0. The first kappa shape index (κ1) is 12.9. The largest absolute Gasteiger partial charge is 0.504 e. The van der Waals surface area contributed by atoms with Gasteiger partial charge in [-0.25, -0.2) is 9.18 Å². The van der Waals surface area contributed by atoms with Gasteiger partial charge in [0.1, 0.15) is 16.7 Å². The van der Waals surface area contributed by atoms with Gasteiger partial charge in [0.25, 0.3) is 0 Å². The van der Waals surface area contributed by atoms with E-state index in [9.17, 15) is 27.9 Å². The van der Waals surface area contributed by atoms with E-state index in [-0.39, 0.29) is 0 Å². The number of carbonyl (C=O) groups is 1. The molecule has 5 nitrogen and oxygen atoms in total. The highest BCUT2D eigenvalue weighted by Crippen LogP contribution is 2.31. The van der Waals surface area contributed by atoms with Gasteiger partial charge in [-0.05, 0) is 6.92 Å². The van der Waals surface area contributed by atoms with Gasteiger partial charge in [-0.15, -0.1) is 0 Å². The quantitative estimate of drug-likeness (QED) is 0.776. The molecule has 2 rings (SSSR count). The minimum atomic E-state index is -2.02. The fourth-order valence-electron chi connectivity index (χ4n) is 1.67. The third kappa shape index (κ3) is 1.64. The van der Waals surface area contributed by atoms with Crippen LogP contribution in [0.15, 0.2) is 9.21 Å². The maximum absolute atomic E-state index is 13.4. The highest BCUT2D eigenvalue weighted by atomic mass is 19.2. The van der Waals surface area contributed by atoms with Crippen LogP contribution in [0.2, 0.25) is 0 Å². The Labute approximate surface area is 102 Å². The van der Waals surface area contributed by atoms with Crippen LogP contribution in [0.5, 0.6) is 5.75 Å². The fraction of sp³-hybridized carbons (Fsp3) is 0.0909. The van der Waals surface area contributed by atoms with Crippen molar-refractivity contribution < 1.29 is 32.6 Å². The Morgan fingerprint density at radius 2 is 1.74 bits per heavy atom. The van der Waals surface area contributed by atoms with Crippen molar-refractivity contribution in [2.75, 3.05) is 0 Å². The Hall–Kier alpha value is -2.51. The zero-order valence-corrected chi connectivity index (χ0v) is 9.25. The third-order valence-electron chi connectivity index (χ3n) is 2.53. The highest BCUT2D eigenvalue weighted by Gasteiger charge is 2.27. The monoisotopic (exact) mass is 274 g/mol. The summed E-state index contributed by atoms with van der Waals surface area (Å²) in [5, 5.41) is 17.0. The summed E-state index contributed by atoms with van der Waals surface area (Å²) in [5.74, 6) is -9.51. The minimum absolute atomic E-state index is 0.491. The number of rotatable bonds is 1. The van der Waals surface area contributed by atoms with Crippen LogP contribution in [0.4, 0.5) is 13.2 Å². The van der Waals surface area contributed by atoms with Gasteiger partial charge in [-0.1, -0.05) is 0 Å². The summed E-state index contributed by atoms with van der Waals surface area (Å²) in [6.07, 6.45) is 0. The van der Waals surface area contributed by atoms with Crippen molar-refractivity contribution in [3.8, 4) is 5.75 Å². The molecule has 0 saturated heterocycles. The molecule has 2 N–H and O–H groups in total. The van der Waals surface area contributed by atoms with Gasteiger partial charge in [0.15, 0.2) is 11.3 Å². The number of aryl methyl sites for hydroxylation is 1. The molecule has 0 unspecified atom stereocenters. The first-order valence-electron chi connectivity index (χ1n) is 4.83. The average molecular weight is 274 g/mol. The highest BCUT2D eigenvalue weighted by molar-refractivity contribution is 5.94. The third-order valence-corrected chi connectivity index (χ3v) is 2.53. The molecule has 0 radical (unpaired) electrons. The number of carboxylic acid groups (broad SMARTS) is 1. The number of aromatic carboxylic acids is 1. The Balaban J connectivity index is 3.16. The molecule has 1 aromatic heterocycles. The lowest BCUT2D eigenvalue weighted by Gasteiger charge is -2.07. The number of halogens is 3. The van der Waals surface area contributed by atoms with Crippen LogP contribution >= 0.6 is 0 Å². The maximum atomic E-state index is 13.4. The summed E-state index contributed by atoms with van der Waals surface area (Å²) >= 11 is 0. The fourth-order valence-corrected chi connectivity index (χ4v) is 1.67. The molecule has 0 fully saturated rings. The second kappa shape index (κ2) is 4.01. The van der Waals surface area contributed by atoms with E-state index in [1.165, 1.54) is 0 Å². The molecule has 0 aliphatic heterocycles. The molecular weight excluding hydrogens is 269 g/mol. The Kier molecular flexibility index (Phi) is 2.73. The second-order valence-electron chi connectivity index (χ2n) is 3.66. The van der Waals surface area contributed by atoms with E-state index < -0.39 is 56.9 Å². The van der Waals surface area contributed by atoms with Crippen LogP contribution in [0.25, 0.3) is 11.0 Å². The molecule has 0 bridgehead atoms. The summed E-state index contributed by atoms with van der Waals surface area (Å²) in [4.78, 5) is 22.6. The van der Waals surface area contributed by atoms with E-state index in [4.69, 9.17) is 5.11 Å². The average Bonchev–Trinajstić information content (AvgIpc) is 2.32. The van der Waals surface area contributed by atoms with E-state index in [0.29, 0.717) is 0 Å². The van der Waals surface area contributed by atoms with E-state index in [0.717, 1.165) is 6.92 Å². The zero-order valence-electron chi connectivity index (χ0n) is 9.25. The topological polar surface area (TPSA) is 87.7 Å². The maximum Gasteiger partial charge on any atom is 0.343 e. The van der Waals surface area contributed by atoms with Crippen LogP contribution in [0, 0.1) is 24.4 Å². The van der Waals surface area contributed by atoms with Gasteiger partial charge in [-0.2, -0.15) is 8.78 Å². The van der Waals surface area contributed by atoms with E-state index in [2.05, 4.69) is 4.42 Å². The molecule has 0 atom stereocenters. The lowest BCUT2D eigenvalue weighted by Crippen LogP contribution is -2.18. The number of hydrogen-bond acceptors (Lipinski definition) is 4. The molecule has 1 heterocycles. The van der Waals surface area contributed by atoms with Crippen LogP contribution < -0.4 is 5.43 Å². The number of carboxylic acids is 1. The molecule has 100 valence electrons. The van der Waals surface area contributed by atoms with Gasteiger partial charge in [0, 0.05) is 0 Å². The van der Waals surface area contributed by atoms with E-state index >= 15 is 0 Å². The van der Waals surface area contributed by atoms with Crippen molar-refractivity contribution in [2.24, 2.45) is 0 Å². The van der Waals surface area contributed by atoms with Crippen molar-refractivity contribution in [2.45, 2.75) is 6.92 Å². The predicted molar refractivity (Wildman–Crippen MR) is 55.7 cm³/mol. The lowest BCUT2D eigenvalue weighted by molar-refractivity contribution is 0.0692. The van der Waals surface area contributed by atoms with Gasteiger partial charge in [-0.3, -0.25) is 4.79 Å². The first-order valence-corrected chi connectivity index (χ1v) is 4.83. The molecular formula is C11H5F3O5. The van der Waals surface area contributed by atoms with Crippen LogP contribution in [-0.4, -0.2) is 16.2 Å². The SMILES string of the molecule is Cc1oc2c(F)c(F)c(F)c(O)c2c(=O)c1C(=O)O. The second-order valence-corrected chi connectivity index (χ2v) is 3.66. The molecule has 8 heteroatoms. The van der Waals surface area contributed by atoms with Gasteiger partial charge < -0.3 is 14.6 Å². The summed E-state index contributed by atoms with van der Waals surface area (Å²) < 4.78 is 44.3. The smallest absolute Gasteiger partial charge is 0.343 e. The predicted octanol–water partition coefficient (Wildman–Crippen LogP) is 1.92. The zero-order chi connectivity index (χ0) is 14.5. The number of fused-ring (bicyclic) bond motifs is 1. The van der Waals surface area contributed by atoms with Crippen LogP contribution in [0.1, 0.15) is 16.1 Å². The van der Waals surface area contributed by atoms with Crippen LogP contribution in [-0.2, 0) is 0 Å². The lowest BCUT2D eigenvalue weighted by atomic mass is 10.1. The Morgan fingerprint density at radius 1 is 1.16 bits per heavy atom. The summed E-state index contributed by atoms with van der Waals surface area (Å²) in [6.45, 7) is 1.04. The van der Waals surface area contributed by atoms with E-state index in [1.807, 2.05) is 0 Å². The Bertz CT molecular complexity index is 778. The molecule has 2 aromatic rings. The number of phenolic OH excluding ortho intramolecular Hbond substituents is 1. The number of aromatic hydroxyl groups is 1. The normalized spacial score (nSPS) is 10.9. The van der Waals surface area contributed by atoms with Crippen molar-refractivity contribution in [3.63, 3.8) is 0 Å². The van der Waals surface area contributed by atoms with Crippen molar-refractivity contribution in [1.82, 2.24) is 0 Å². The van der Waals surface area contributed by atoms with Gasteiger partial charge in [0.2, 0.25) is 22.9 Å². The van der Waals surface area contributed by atoms with Crippen molar-refractivity contribution in [1.29, 1.82) is 0 Å². The molecule has 1 aromatic carbocycles. The molecule has 0 aliphatic carbocycles. The molecule has 0 amide bonds. The van der Waals surface area contributed by atoms with Crippen molar-refractivity contribution in [3.05, 3.63) is 39.0 Å².